The van der Waals surface area contributed by atoms with Crippen LogP contribution in [0.2, 0.25) is 5.82 Å². The second kappa shape index (κ2) is 15.0. The summed E-state index contributed by atoms with van der Waals surface area (Å²) in [4.78, 5) is 46.4. The van der Waals surface area contributed by atoms with Gasteiger partial charge in [0.1, 0.15) is 16.8 Å². The number of halogens is 1. The predicted octanol–water partition coefficient (Wildman–Crippen LogP) is 5.30. The Balaban J connectivity index is 1.33. The van der Waals surface area contributed by atoms with Crippen LogP contribution < -0.4 is 5.32 Å². The zero-order chi connectivity index (χ0) is 36.4. The van der Waals surface area contributed by atoms with Crippen molar-refractivity contribution < 1.29 is 33.0 Å². The molecule has 15 heteroatoms. The van der Waals surface area contributed by atoms with Gasteiger partial charge in [-0.25, -0.2) is 19.0 Å². The van der Waals surface area contributed by atoms with Gasteiger partial charge in [-0.3, -0.25) is 14.4 Å². The van der Waals surface area contributed by atoms with Crippen LogP contribution in [0.5, 0.6) is 0 Å². The quantitative estimate of drug-likeness (QED) is 0.142. The zero-order valence-corrected chi connectivity index (χ0v) is 30.8. The van der Waals surface area contributed by atoms with Crippen LogP contribution in [0.15, 0.2) is 30.5 Å². The molecule has 50 heavy (non-hydrogen) atoms. The Hall–Kier alpha value is -3.43. The van der Waals surface area contributed by atoms with Crippen LogP contribution in [0.3, 0.4) is 0 Å². The minimum atomic E-state index is -2.96. The summed E-state index contributed by atoms with van der Waals surface area (Å²) in [5, 5.41) is 13.0. The van der Waals surface area contributed by atoms with Crippen molar-refractivity contribution >= 4 is 47.2 Å². The predicted molar refractivity (Wildman–Crippen MR) is 189 cm³/mol. The van der Waals surface area contributed by atoms with Gasteiger partial charge in [0.05, 0.1) is 35.9 Å². The number of para-hydroxylation sites is 1. The molecule has 2 radical (unpaired) electrons. The summed E-state index contributed by atoms with van der Waals surface area (Å²) >= 11 is 1.56. The van der Waals surface area contributed by atoms with Crippen LogP contribution in [0.4, 0.5) is 9.18 Å². The third-order valence-corrected chi connectivity index (χ3v) is 11.4. The minimum absolute atomic E-state index is 0.0263. The van der Waals surface area contributed by atoms with Gasteiger partial charge in [-0.1, -0.05) is 31.2 Å². The monoisotopic (exact) mass is 710 g/mol. The maximum absolute atomic E-state index is 15.9. The van der Waals surface area contributed by atoms with Gasteiger partial charge in [0, 0.05) is 32.7 Å². The van der Waals surface area contributed by atoms with Crippen molar-refractivity contribution in [2.24, 2.45) is 5.92 Å². The van der Waals surface area contributed by atoms with Crippen molar-refractivity contribution in [1.29, 1.82) is 0 Å². The summed E-state index contributed by atoms with van der Waals surface area (Å²) in [6.07, 6.45) is 1.88. The van der Waals surface area contributed by atoms with E-state index in [4.69, 9.17) is 22.1 Å². The number of aromatic nitrogens is 4. The van der Waals surface area contributed by atoms with Crippen molar-refractivity contribution in [3.8, 4) is 10.7 Å². The van der Waals surface area contributed by atoms with Crippen LogP contribution >= 0.6 is 11.3 Å². The molecule has 270 valence electrons. The number of unbranched alkanes of at least 4 members (excludes halogenated alkanes) is 1. The van der Waals surface area contributed by atoms with E-state index in [1.165, 1.54) is 7.11 Å². The first-order valence-electron chi connectivity index (χ1n) is 17.4. The molecular formula is C35H48BFN6O6S. The molecule has 0 spiro atoms. The van der Waals surface area contributed by atoms with Crippen molar-refractivity contribution in [2.75, 3.05) is 20.2 Å². The summed E-state index contributed by atoms with van der Waals surface area (Å²) in [5.41, 5.74) is -3.64. The lowest BCUT2D eigenvalue weighted by Crippen LogP contribution is -2.61. The molecule has 3 aromatic rings. The topological polar surface area (TPSA) is 138 Å². The largest absolute Gasteiger partial charge is 0.455 e. The first-order chi connectivity index (χ1) is 23.6. The van der Waals surface area contributed by atoms with Crippen LogP contribution in [0, 0.1) is 5.92 Å². The van der Waals surface area contributed by atoms with Gasteiger partial charge >= 0.3 is 12.1 Å². The Labute approximate surface area is 298 Å². The second-order valence-corrected chi connectivity index (χ2v) is 15.3. The maximum Gasteiger partial charge on any atom is 0.410 e. The molecular weight excluding hydrogens is 662 g/mol. The molecule has 0 unspecified atom stereocenters. The molecule has 12 nitrogen and oxygen atoms in total. The van der Waals surface area contributed by atoms with Gasteiger partial charge in [-0.05, 0) is 83.8 Å². The SMILES string of the molecule is [B][C@@H]1CC(=O)[C@](C)(F)C(=O)O[C@H](CC)[C@@]2(C)OC(=O)N(CCCCn3cc(-c4nc5ccccc5s4)nn3)[C@@H]2[C@@H](C)NC[C@H](C)C[C@@]1(C)OC. The Morgan fingerprint density at radius 1 is 1.14 bits per heavy atom. The van der Waals surface area contributed by atoms with Gasteiger partial charge in [-0.2, -0.15) is 0 Å². The Bertz CT molecular complexity index is 1650. The van der Waals surface area contributed by atoms with Gasteiger partial charge < -0.3 is 19.5 Å². The molecule has 2 aliphatic rings. The van der Waals surface area contributed by atoms with E-state index in [0.717, 1.165) is 22.1 Å². The van der Waals surface area contributed by atoms with Gasteiger partial charge in [0.15, 0.2) is 11.4 Å². The molecule has 5 rings (SSSR count). The average Bonchev–Trinajstić information content (AvgIpc) is 3.79. The number of carbonyl (C=O) groups is 3. The molecule has 2 fully saturated rings. The van der Waals surface area contributed by atoms with Gasteiger partial charge in [0.25, 0.3) is 5.67 Å². The van der Waals surface area contributed by atoms with Gasteiger partial charge in [-0.15, -0.1) is 16.4 Å². The number of cyclic esters (lactones) is 1. The van der Waals surface area contributed by atoms with Crippen LogP contribution in [0.1, 0.15) is 73.6 Å². The normalized spacial score (nSPS) is 33.1. The summed E-state index contributed by atoms with van der Waals surface area (Å²) in [6, 6.07) is 7.02. The van der Waals surface area contributed by atoms with Crippen LogP contribution in [-0.4, -0.2) is 106 Å². The number of benzene rings is 1. The Kier molecular flexibility index (Phi) is 11.4. The number of alkyl halides is 1. The Morgan fingerprint density at radius 3 is 2.56 bits per heavy atom. The standard InChI is InChI=1S/C35H48BFN6O6S/c1-8-28-35(6)29(22(3)38-19-21(2)18-33(4,47-7)26(36)17-27(44)34(5,37)31(45)48-28)43(32(46)49-35)16-12-11-15-42-20-24(40-41-42)30-39-23-13-9-10-14-25(23)50-30/h9-10,13-14,20-22,26,28-29,38H,8,11-12,15-19H2,1-7H3/t21-,22-,26-,28-,29-,33-,34+,35-/m1/s1. The number of aryl methyl sites for hydroxylation is 1. The molecule has 1 amide bonds. The van der Waals surface area contributed by atoms with E-state index >= 15 is 4.39 Å². The smallest absolute Gasteiger partial charge is 0.410 e. The number of methoxy groups -OCH3 is 1. The lowest BCUT2D eigenvalue weighted by atomic mass is 9.67. The number of hydrogen-bond acceptors (Lipinski definition) is 11. The molecule has 8 atom stereocenters. The number of hydrogen-bond donors (Lipinski definition) is 1. The van der Waals surface area contributed by atoms with Crippen LogP contribution in [-0.2, 0) is 30.3 Å². The first kappa shape index (κ1) is 37.8. The number of thiazole rings is 1. The Morgan fingerprint density at radius 2 is 1.86 bits per heavy atom. The highest BCUT2D eigenvalue weighted by atomic mass is 32.1. The number of fused-ring (bicyclic) bond motifs is 2. The number of carbonyl (C=O) groups excluding carboxylic acids is 3. The van der Waals surface area contributed by atoms with E-state index in [1.807, 2.05) is 44.3 Å². The number of esters is 1. The number of amides is 1. The molecule has 0 bridgehead atoms. The molecule has 0 aliphatic carbocycles. The molecule has 2 aliphatic heterocycles. The molecule has 1 aromatic carbocycles. The van der Waals surface area contributed by atoms with E-state index in [1.54, 1.807) is 41.7 Å². The summed E-state index contributed by atoms with van der Waals surface area (Å²) < 4.78 is 36.3. The maximum atomic E-state index is 15.9. The van der Waals surface area contributed by atoms with E-state index < -0.39 is 59.1 Å². The van der Waals surface area contributed by atoms with E-state index in [-0.39, 0.29) is 18.4 Å². The van der Waals surface area contributed by atoms with Gasteiger partial charge in [0.2, 0.25) is 0 Å². The second-order valence-electron chi connectivity index (χ2n) is 14.3. The number of ketones is 1. The van der Waals surface area contributed by atoms with E-state index in [9.17, 15) is 14.4 Å². The fourth-order valence-corrected chi connectivity index (χ4v) is 8.16. The number of nitrogens with one attached hydrogen (secondary N) is 1. The highest BCUT2D eigenvalue weighted by Gasteiger charge is 2.59. The summed E-state index contributed by atoms with van der Waals surface area (Å²) in [6.45, 7) is 11.6. The molecule has 2 aromatic heterocycles. The number of rotatable bonds is 8. The first-order valence-corrected chi connectivity index (χ1v) is 18.2. The molecule has 0 saturated carbocycles. The zero-order valence-electron chi connectivity index (χ0n) is 30.0. The van der Waals surface area contributed by atoms with E-state index in [2.05, 4.69) is 20.6 Å². The highest BCUT2D eigenvalue weighted by Crippen LogP contribution is 2.40. The fourth-order valence-electron chi connectivity index (χ4n) is 7.24. The molecule has 2 saturated heterocycles. The highest BCUT2D eigenvalue weighted by molar-refractivity contribution is 7.21. The van der Waals surface area contributed by atoms with Crippen molar-refractivity contribution in [2.45, 2.75) is 121 Å². The minimum Gasteiger partial charge on any atom is -0.455 e. The summed E-state index contributed by atoms with van der Waals surface area (Å²) in [7, 11) is 7.92. The number of Topliss-reactive ketones (excluding diaryl/α,β-unsaturated/α-hetero) is 1. The van der Waals surface area contributed by atoms with Crippen molar-refractivity contribution in [3.63, 3.8) is 0 Å². The van der Waals surface area contributed by atoms with Crippen molar-refractivity contribution in [1.82, 2.24) is 30.2 Å². The third-order valence-electron chi connectivity index (χ3n) is 10.4. The summed E-state index contributed by atoms with van der Waals surface area (Å²) in [5.74, 6) is -3.16. The van der Waals surface area contributed by atoms with E-state index in [0.29, 0.717) is 44.6 Å². The fraction of sp³-hybridized carbons (Fsp3) is 0.657. The molecule has 1 N–H and O–H groups in total. The average molecular weight is 711 g/mol. The third kappa shape index (κ3) is 7.59. The lowest BCUT2D eigenvalue weighted by molar-refractivity contribution is -0.178. The van der Waals surface area contributed by atoms with Crippen molar-refractivity contribution in [3.05, 3.63) is 30.5 Å². The lowest BCUT2D eigenvalue weighted by Gasteiger charge is -2.41. The molecule has 4 heterocycles. The van der Waals surface area contributed by atoms with Crippen LogP contribution in [0.25, 0.3) is 20.9 Å². The number of ether oxygens (including phenoxy) is 3. The number of nitrogens with zero attached hydrogens (tertiary/aromatic N) is 5.